The van der Waals surface area contributed by atoms with E-state index < -0.39 is 0 Å². The van der Waals surface area contributed by atoms with Gasteiger partial charge in [0, 0.05) is 23.8 Å². The molecule has 1 N–H and O–H groups in total. The van der Waals surface area contributed by atoms with Crippen molar-refractivity contribution >= 4 is 29.2 Å². The molecule has 1 heterocycles. The lowest BCUT2D eigenvalue weighted by atomic mass is 10.1. The fraction of sp³-hybridized carbons (Fsp3) is 0.200. The SMILES string of the molecule is C=CCN(CC(=O)N(CCc1ccccc1)Cc1ccco1)C(=O)Nc1ccc(Cl)cc1. The summed E-state index contributed by atoms with van der Waals surface area (Å²) >= 11 is 5.90. The van der Waals surface area contributed by atoms with Crippen LogP contribution >= 0.6 is 11.6 Å². The average molecular weight is 452 g/mol. The molecule has 0 radical (unpaired) electrons. The molecule has 0 aliphatic rings. The van der Waals surface area contributed by atoms with E-state index in [1.54, 1.807) is 47.6 Å². The van der Waals surface area contributed by atoms with E-state index in [0.29, 0.717) is 36.0 Å². The summed E-state index contributed by atoms with van der Waals surface area (Å²) in [5.41, 5.74) is 1.73. The number of nitrogens with zero attached hydrogens (tertiary/aromatic N) is 2. The van der Waals surface area contributed by atoms with Gasteiger partial charge in [0.05, 0.1) is 12.8 Å². The zero-order chi connectivity index (χ0) is 22.8. The first-order valence-corrected chi connectivity index (χ1v) is 10.7. The van der Waals surface area contributed by atoms with Gasteiger partial charge in [-0.1, -0.05) is 48.0 Å². The van der Waals surface area contributed by atoms with E-state index in [-0.39, 0.29) is 25.0 Å². The van der Waals surface area contributed by atoms with Crippen LogP contribution in [0.4, 0.5) is 10.5 Å². The van der Waals surface area contributed by atoms with E-state index in [2.05, 4.69) is 11.9 Å². The topological polar surface area (TPSA) is 65.8 Å². The molecule has 0 bridgehead atoms. The van der Waals surface area contributed by atoms with Crippen molar-refractivity contribution in [2.45, 2.75) is 13.0 Å². The maximum atomic E-state index is 13.2. The Balaban J connectivity index is 1.68. The maximum Gasteiger partial charge on any atom is 0.322 e. The van der Waals surface area contributed by atoms with E-state index in [0.717, 1.165) is 5.56 Å². The van der Waals surface area contributed by atoms with Crippen LogP contribution in [0.25, 0.3) is 0 Å². The van der Waals surface area contributed by atoms with Crippen LogP contribution in [0.5, 0.6) is 0 Å². The minimum atomic E-state index is -0.387. The first-order valence-electron chi connectivity index (χ1n) is 10.3. The third-order valence-electron chi connectivity index (χ3n) is 4.85. The molecule has 0 saturated heterocycles. The van der Waals surface area contributed by atoms with Crippen LogP contribution in [0.3, 0.4) is 0 Å². The Morgan fingerprint density at radius 1 is 1.00 bits per heavy atom. The van der Waals surface area contributed by atoms with Gasteiger partial charge in [0.1, 0.15) is 12.3 Å². The molecule has 32 heavy (non-hydrogen) atoms. The monoisotopic (exact) mass is 451 g/mol. The molecular formula is C25H26ClN3O3. The Hall–Kier alpha value is -3.51. The summed E-state index contributed by atoms with van der Waals surface area (Å²) in [7, 11) is 0. The number of benzene rings is 2. The van der Waals surface area contributed by atoms with Crippen LogP contribution in [-0.2, 0) is 17.8 Å². The van der Waals surface area contributed by atoms with Gasteiger partial charge in [-0.3, -0.25) is 4.79 Å². The molecule has 6 nitrogen and oxygen atoms in total. The molecule has 0 aliphatic heterocycles. The summed E-state index contributed by atoms with van der Waals surface area (Å²) in [6.45, 7) is 4.70. The Kier molecular flexibility index (Phi) is 8.52. The normalized spacial score (nSPS) is 10.4. The highest BCUT2D eigenvalue weighted by Gasteiger charge is 2.21. The maximum absolute atomic E-state index is 13.2. The highest BCUT2D eigenvalue weighted by atomic mass is 35.5. The number of hydrogen-bond donors (Lipinski definition) is 1. The van der Waals surface area contributed by atoms with Crippen molar-refractivity contribution in [1.29, 1.82) is 0 Å². The second-order valence-electron chi connectivity index (χ2n) is 7.24. The number of nitrogens with one attached hydrogen (secondary N) is 1. The van der Waals surface area contributed by atoms with Crippen molar-refractivity contribution in [2.24, 2.45) is 0 Å². The number of anilines is 1. The predicted molar refractivity (Wildman–Crippen MR) is 127 cm³/mol. The van der Waals surface area contributed by atoms with Crippen molar-refractivity contribution in [3.05, 3.63) is 102 Å². The molecule has 2 aromatic carbocycles. The minimum Gasteiger partial charge on any atom is -0.467 e. The molecule has 0 fully saturated rings. The molecule has 3 aromatic rings. The van der Waals surface area contributed by atoms with Gasteiger partial charge in [-0.2, -0.15) is 0 Å². The number of amides is 3. The van der Waals surface area contributed by atoms with Crippen molar-refractivity contribution in [3.8, 4) is 0 Å². The first-order chi connectivity index (χ1) is 15.5. The van der Waals surface area contributed by atoms with Crippen LogP contribution in [0.2, 0.25) is 5.02 Å². The van der Waals surface area contributed by atoms with Crippen LogP contribution in [0, 0.1) is 0 Å². The highest BCUT2D eigenvalue weighted by Crippen LogP contribution is 2.14. The number of rotatable bonds is 10. The molecule has 0 aliphatic carbocycles. The van der Waals surface area contributed by atoms with Crippen molar-refractivity contribution < 1.29 is 14.0 Å². The Bertz CT molecular complexity index is 1000. The van der Waals surface area contributed by atoms with E-state index in [1.165, 1.54) is 4.90 Å². The lowest BCUT2D eigenvalue weighted by Crippen LogP contribution is -2.44. The van der Waals surface area contributed by atoms with Gasteiger partial charge < -0.3 is 19.5 Å². The average Bonchev–Trinajstić information content (AvgIpc) is 3.31. The van der Waals surface area contributed by atoms with Crippen LogP contribution in [0.15, 0.2) is 90.1 Å². The van der Waals surface area contributed by atoms with Gasteiger partial charge in [-0.15, -0.1) is 6.58 Å². The van der Waals surface area contributed by atoms with E-state index in [9.17, 15) is 9.59 Å². The van der Waals surface area contributed by atoms with Gasteiger partial charge in [0.2, 0.25) is 5.91 Å². The zero-order valence-electron chi connectivity index (χ0n) is 17.7. The second kappa shape index (κ2) is 11.8. The van der Waals surface area contributed by atoms with Crippen LogP contribution in [-0.4, -0.2) is 41.4 Å². The smallest absolute Gasteiger partial charge is 0.322 e. The summed E-state index contributed by atoms with van der Waals surface area (Å²) < 4.78 is 5.44. The van der Waals surface area contributed by atoms with Crippen LogP contribution < -0.4 is 5.32 Å². The van der Waals surface area contributed by atoms with E-state index >= 15 is 0 Å². The van der Waals surface area contributed by atoms with Gasteiger partial charge in [-0.05, 0) is 48.4 Å². The quantitative estimate of drug-likeness (QED) is 0.429. The largest absolute Gasteiger partial charge is 0.467 e. The van der Waals surface area contributed by atoms with Crippen LogP contribution in [0.1, 0.15) is 11.3 Å². The number of halogens is 1. The summed E-state index contributed by atoms with van der Waals surface area (Å²) in [6, 6.07) is 20.0. The molecule has 1 aromatic heterocycles. The number of hydrogen-bond acceptors (Lipinski definition) is 3. The molecule has 0 atom stereocenters. The number of carbonyl (C=O) groups excluding carboxylic acids is 2. The van der Waals surface area contributed by atoms with Gasteiger partial charge in [0.15, 0.2) is 0 Å². The molecule has 3 rings (SSSR count). The standard InChI is InChI=1S/C25H26ClN3O3/c1-2-15-29(25(31)27-22-12-10-21(26)11-13-22)19-24(30)28(18-23-9-6-17-32-23)16-14-20-7-4-3-5-8-20/h2-13,17H,1,14-16,18-19H2,(H,27,31). The number of carbonyl (C=O) groups is 2. The Morgan fingerprint density at radius 2 is 1.75 bits per heavy atom. The molecular weight excluding hydrogens is 426 g/mol. The molecule has 0 unspecified atom stereocenters. The fourth-order valence-electron chi connectivity index (χ4n) is 3.17. The minimum absolute atomic E-state index is 0.0824. The molecule has 0 saturated carbocycles. The summed E-state index contributed by atoms with van der Waals surface area (Å²) in [4.78, 5) is 29.1. The van der Waals surface area contributed by atoms with Gasteiger partial charge in [0.25, 0.3) is 0 Å². The summed E-state index contributed by atoms with van der Waals surface area (Å²) in [6.07, 6.45) is 3.88. The fourth-order valence-corrected chi connectivity index (χ4v) is 3.29. The van der Waals surface area contributed by atoms with Gasteiger partial charge >= 0.3 is 6.03 Å². The molecule has 3 amide bonds. The molecule has 0 spiro atoms. The third kappa shape index (κ3) is 7.03. The lowest BCUT2D eigenvalue weighted by molar-refractivity contribution is -0.132. The van der Waals surface area contributed by atoms with E-state index in [4.69, 9.17) is 16.0 Å². The van der Waals surface area contributed by atoms with Crippen molar-refractivity contribution in [3.63, 3.8) is 0 Å². The first kappa shape index (κ1) is 23.2. The van der Waals surface area contributed by atoms with Crippen molar-refractivity contribution in [1.82, 2.24) is 9.80 Å². The third-order valence-corrected chi connectivity index (χ3v) is 5.10. The van der Waals surface area contributed by atoms with Crippen molar-refractivity contribution in [2.75, 3.05) is 25.0 Å². The summed E-state index contributed by atoms with van der Waals surface area (Å²) in [5.74, 6) is 0.512. The number of urea groups is 1. The Morgan fingerprint density at radius 3 is 2.41 bits per heavy atom. The zero-order valence-corrected chi connectivity index (χ0v) is 18.5. The van der Waals surface area contributed by atoms with E-state index in [1.807, 2.05) is 36.4 Å². The molecule has 7 heteroatoms. The number of furan rings is 1. The Labute approximate surface area is 193 Å². The second-order valence-corrected chi connectivity index (χ2v) is 7.67. The molecule has 166 valence electrons. The van der Waals surface area contributed by atoms with Gasteiger partial charge in [-0.25, -0.2) is 4.79 Å². The highest BCUT2D eigenvalue weighted by molar-refractivity contribution is 6.30. The summed E-state index contributed by atoms with van der Waals surface area (Å²) in [5, 5.41) is 3.37. The predicted octanol–water partition coefficient (Wildman–Crippen LogP) is 5.22. The lowest BCUT2D eigenvalue weighted by Gasteiger charge is -2.27.